The number of hydrogen-bond donors (Lipinski definition) is 0. The summed E-state index contributed by atoms with van der Waals surface area (Å²) in [6.45, 7) is 7.89. The van der Waals surface area contributed by atoms with Crippen molar-refractivity contribution in [3.05, 3.63) is 12.7 Å². The second-order valence-electron chi connectivity index (χ2n) is 4.58. The Morgan fingerprint density at radius 1 is 0.731 bits per heavy atom. The first-order chi connectivity index (χ1) is 10.7. The fourth-order valence-electron chi connectivity index (χ4n) is 1.54. The molecule has 0 aromatic rings. The summed E-state index contributed by atoms with van der Waals surface area (Å²) >= 11 is 0. The van der Waals surface area contributed by atoms with E-state index in [9.17, 15) is 9.59 Å². The van der Waals surface area contributed by atoms with Gasteiger partial charge in [-0.3, -0.25) is 4.79 Å². The molecule has 0 rings (SSSR count). The maximum absolute atomic E-state index is 10.8. The van der Waals surface area contributed by atoms with Gasteiger partial charge in [-0.2, -0.15) is 0 Å². The van der Waals surface area contributed by atoms with Crippen LogP contribution in [0.4, 0.5) is 0 Å². The van der Waals surface area contributed by atoms with Crippen molar-refractivity contribution in [2.75, 3.05) is 39.6 Å². The molecule has 0 spiro atoms. The highest BCUT2D eigenvalue weighted by molar-refractivity contribution is 5.81. The SMILES string of the molecule is C.C.C.C.C=CC(=O)OCCOCCCCCCOCCOC(=O)CC. The van der Waals surface area contributed by atoms with Gasteiger partial charge >= 0.3 is 11.9 Å². The van der Waals surface area contributed by atoms with E-state index in [2.05, 4.69) is 6.58 Å². The van der Waals surface area contributed by atoms with Crippen molar-refractivity contribution < 1.29 is 28.5 Å². The number of hydrogen-bond acceptors (Lipinski definition) is 6. The van der Waals surface area contributed by atoms with Crippen LogP contribution in [0.25, 0.3) is 0 Å². The molecule has 6 heteroatoms. The molecule has 0 saturated carbocycles. The largest absolute Gasteiger partial charge is 0.463 e. The second kappa shape index (κ2) is 28.4. The summed E-state index contributed by atoms with van der Waals surface area (Å²) in [7, 11) is 0. The van der Waals surface area contributed by atoms with Gasteiger partial charge in [-0.25, -0.2) is 4.79 Å². The molecule has 26 heavy (non-hydrogen) atoms. The minimum absolute atomic E-state index is 0. The molecule has 0 fully saturated rings. The molecule has 0 aliphatic rings. The highest BCUT2D eigenvalue weighted by atomic mass is 16.6. The number of rotatable bonds is 15. The number of carbonyl (C=O) groups excluding carboxylic acids is 2. The van der Waals surface area contributed by atoms with Gasteiger partial charge in [0.05, 0.1) is 13.2 Å². The Kier molecular flexibility index (Phi) is 39.0. The molecule has 0 aliphatic carbocycles. The van der Waals surface area contributed by atoms with Crippen molar-refractivity contribution in [2.24, 2.45) is 0 Å². The summed E-state index contributed by atoms with van der Waals surface area (Å²) in [5, 5.41) is 0. The molecule has 0 aromatic carbocycles. The quantitative estimate of drug-likeness (QED) is 0.231. The summed E-state index contributed by atoms with van der Waals surface area (Å²) in [4.78, 5) is 21.6. The number of esters is 2. The molecule has 0 heterocycles. The van der Waals surface area contributed by atoms with Gasteiger partial charge in [-0.05, 0) is 12.8 Å². The third kappa shape index (κ3) is 27.4. The lowest BCUT2D eigenvalue weighted by Crippen LogP contribution is -2.10. The van der Waals surface area contributed by atoms with Crippen LogP contribution in [0.3, 0.4) is 0 Å². The molecule has 0 N–H and O–H groups in total. The predicted octanol–water partition coefficient (Wildman–Crippen LogP) is 4.81. The predicted molar refractivity (Wildman–Crippen MR) is 109 cm³/mol. The van der Waals surface area contributed by atoms with Crippen molar-refractivity contribution in [3.8, 4) is 0 Å². The molecule has 0 amide bonds. The lowest BCUT2D eigenvalue weighted by atomic mass is 10.2. The first kappa shape index (κ1) is 35.7. The Morgan fingerprint density at radius 3 is 1.62 bits per heavy atom. The molecule has 0 saturated heterocycles. The third-order valence-electron chi connectivity index (χ3n) is 2.75. The average Bonchev–Trinajstić information content (AvgIpc) is 2.54. The molecule has 160 valence electrons. The zero-order valence-electron chi connectivity index (χ0n) is 13.5. The number of carbonyl (C=O) groups is 2. The number of unbranched alkanes of at least 4 members (excludes halogenated alkanes) is 3. The molecule has 0 radical (unpaired) electrons. The molecule has 6 nitrogen and oxygen atoms in total. The third-order valence-corrected chi connectivity index (χ3v) is 2.75. The van der Waals surface area contributed by atoms with E-state index < -0.39 is 5.97 Å². The second-order valence-corrected chi connectivity index (χ2v) is 4.58. The topological polar surface area (TPSA) is 71.1 Å². The first-order valence-electron chi connectivity index (χ1n) is 7.81. The molecule has 0 atom stereocenters. The van der Waals surface area contributed by atoms with E-state index in [0.29, 0.717) is 39.5 Å². The van der Waals surface area contributed by atoms with E-state index in [1.54, 1.807) is 6.92 Å². The van der Waals surface area contributed by atoms with Crippen LogP contribution in [-0.4, -0.2) is 51.6 Å². The zero-order chi connectivity index (χ0) is 16.5. The zero-order valence-corrected chi connectivity index (χ0v) is 13.5. The fraction of sp³-hybridized carbons (Fsp3) is 0.800. The van der Waals surface area contributed by atoms with Crippen LogP contribution >= 0.6 is 0 Å². The summed E-state index contributed by atoms with van der Waals surface area (Å²) in [6.07, 6.45) is 5.64. The van der Waals surface area contributed by atoms with Gasteiger partial charge in [0.1, 0.15) is 13.2 Å². The van der Waals surface area contributed by atoms with Crippen molar-refractivity contribution in [1.29, 1.82) is 0 Å². The monoisotopic (exact) mass is 380 g/mol. The van der Waals surface area contributed by atoms with Gasteiger partial charge in [-0.15, -0.1) is 0 Å². The molecule has 0 aliphatic heterocycles. The maximum atomic E-state index is 10.8. The van der Waals surface area contributed by atoms with Crippen molar-refractivity contribution in [1.82, 2.24) is 0 Å². The van der Waals surface area contributed by atoms with Crippen LogP contribution in [0.1, 0.15) is 68.7 Å². The molecule has 0 bridgehead atoms. The van der Waals surface area contributed by atoms with Crippen molar-refractivity contribution in [3.63, 3.8) is 0 Å². The first-order valence-corrected chi connectivity index (χ1v) is 7.81. The maximum Gasteiger partial charge on any atom is 0.330 e. The highest BCUT2D eigenvalue weighted by Gasteiger charge is 1.98. The van der Waals surface area contributed by atoms with Crippen LogP contribution in [-0.2, 0) is 28.5 Å². The highest BCUT2D eigenvalue weighted by Crippen LogP contribution is 2.00. The minimum atomic E-state index is -0.423. The van der Waals surface area contributed by atoms with Crippen LogP contribution in [0, 0.1) is 0 Å². The summed E-state index contributed by atoms with van der Waals surface area (Å²) in [5.41, 5.74) is 0. The summed E-state index contributed by atoms with van der Waals surface area (Å²) in [6, 6.07) is 0. The Balaban J connectivity index is -0.000000367. The van der Waals surface area contributed by atoms with Gasteiger partial charge in [0.25, 0.3) is 0 Å². The van der Waals surface area contributed by atoms with Gasteiger partial charge in [0, 0.05) is 25.7 Å². The Labute approximate surface area is 162 Å². The van der Waals surface area contributed by atoms with E-state index in [1.165, 1.54) is 0 Å². The molecular weight excluding hydrogens is 336 g/mol. The average molecular weight is 381 g/mol. The smallest absolute Gasteiger partial charge is 0.330 e. The van der Waals surface area contributed by atoms with Crippen LogP contribution in [0.15, 0.2) is 12.7 Å². The van der Waals surface area contributed by atoms with Crippen molar-refractivity contribution >= 4 is 11.9 Å². The normalized spacial score (nSPS) is 8.65. The van der Waals surface area contributed by atoms with Gasteiger partial charge in [0.15, 0.2) is 0 Å². The van der Waals surface area contributed by atoms with E-state index in [1.807, 2.05) is 0 Å². The lowest BCUT2D eigenvalue weighted by molar-refractivity contribution is -0.144. The Bertz CT molecular complexity index is 305. The lowest BCUT2D eigenvalue weighted by Gasteiger charge is -2.06. The van der Waals surface area contributed by atoms with Crippen LogP contribution < -0.4 is 0 Å². The standard InChI is InChI=1S/C16H28O6.4CH4/c1-3-15(17)21-13-11-19-9-7-5-6-8-10-20-12-14-22-16(18)4-2;;;;/h3H,1,4-14H2,2H3;4*1H4. The van der Waals surface area contributed by atoms with Gasteiger partial charge < -0.3 is 18.9 Å². The Hall–Kier alpha value is -1.40. The van der Waals surface area contributed by atoms with E-state index in [4.69, 9.17) is 18.9 Å². The van der Waals surface area contributed by atoms with Gasteiger partial charge in [-0.1, -0.05) is 56.1 Å². The van der Waals surface area contributed by atoms with Crippen molar-refractivity contribution in [2.45, 2.75) is 68.7 Å². The van der Waals surface area contributed by atoms with E-state index in [0.717, 1.165) is 31.8 Å². The number of ether oxygens (including phenoxy) is 4. The van der Waals surface area contributed by atoms with Crippen LogP contribution in [0.5, 0.6) is 0 Å². The van der Waals surface area contributed by atoms with E-state index >= 15 is 0 Å². The molecule has 0 unspecified atom stereocenters. The van der Waals surface area contributed by atoms with Gasteiger partial charge in [0.2, 0.25) is 0 Å². The fourth-order valence-corrected chi connectivity index (χ4v) is 1.54. The minimum Gasteiger partial charge on any atom is -0.463 e. The van der Waals surface area contributed by atoms with Crippen LogP contribution in [0.2, 0.25) is 0 Å². The summed E-state index contributed by atoms with van der Waals surface area (Å²) in [5.74, 6) is -0.615. The van der Waals surface area contributed by atoms with E-state index in [-0.39, 0.29) is 42.3 Å². The summed E-state index contributed by atoms with van der Waals surface area (Å²) < 4.78 is 20.3. The molecule has 0 aromatic heterocycles. The molecular formula is C20H44O6. The Morgan fingerprint density at radius 2 is 1.19 bits per heavy atom.